The van der Waals surface area contributed by atoms with Gasteiger partial charge < -0.3 is 10.2 Å². The molecule has 0 saturated heterocycles. The second-order valence-corrected chi connectivity index (χ2v) is 7.59. The maximum absolute atomic E-state index is 11.5. The second-order valence-electron chi connectivity index (χ2n) is 4.56. The number of H-pyrrole nitrogens is 1. The van der Waals surface area contributed by atoms with E-state index >= 15 is 0 Å². The van der Waals surface area contributed by atoms with Crippen LogP contribution in [-0.4, -0.2) is 31.4 Å². The Kier molecular flexibility index (Phi) is 6.48. The predicted molar refractivity (Wildman–Crippen MR) is 100 cm³/mol. The number of hydrogen-bond donors (Lipinski definition) is 3. The first-order valence-electron chi connectivity index (χ1n) is 6.62. The van der Waals surface area contributed by atoms with Gasteiger partial charge in [-0.25, -0.2) is 9.78 Å². The number of aromatic hydroxyl groups is 1. The van der Waals surface area contributed by atoms with Crippen LogP contribution >= 0.6 is 50.3 Å². The number of hydrogen-bond acceptors (Lipinski definition) is 5. The second kappa shape index (κ2) is 8.15. The summed E-state index contributed by atoms with van der Waals surface area (Å²) in [5, 5.41) is 26.3. The van der Waals surface area contributed by atoms with E-state index in [1.54, 1.807) is 12.1 Å². The molecule has 1 aromatic heterocycles. The molecule has 0 aliphatic rings. The number of rotatable bonds is 6. The van der Waals surface area contributed by atoms with Gasteiger partial charge in [0.25, 0.3) is 0 Å². The topological polar surface area (TPSA) is 99.1 Å². The summed E-state index contributed by atoms with van der Waals surface area (Å²) in [6.07, 6.45) is 3.22. The van der Waals surface area contributed by atoms with Gasteiger partial charge in [0.1, 0.15) is 16.5 Å². The summed E-state index contributed by atoms with van der Waals surface area (Å²) >= 11 is 6.21. The van der Waals surface area contributed by atoms with Crippen molar-refractivity contribution in [3.05, 3.63) is 36.5 Å². The molecule has 9 heteroatoms. The summed E-state index contributed by atoms with van der Waals surface area (Å²) in [5.41, 5.74) is 0.660. The first-order chi connectivity index (χ1) is 10.9. The summed E-state index contributed by atoms with van der Waals surface area (Å²) in [5.74, 6) is -0.192. The van der Waals surface area contributed by atoms with Crippen molar-refractivity contribution in [1.29, 1.82) is 0 Å². The average molecular weight is 510 g/mol. The fourth-order valence-electron chi connectivity index (χ4n) is 1.73. The van der Waals surface area contributed by atoms with Gasteiger partial charge in [-0.3, -0.25) is 5.10 Å². The third kappa shape index (κ3) is 4.95. The molecule has 0 amide bonds. The van der Waals surface area contributed by atoms with Crippen LogP contribution in [0.15, 0.2) is 26.7 Å². The lowest BCUT2D eigenvalue weighted by Gasteiger charge is -2.04. The highest BCUT2D eigenvalue weighted by molar-refractivity contribution is 14.1. The summed E-state index contributed by atoms with van der Waals surface area (Å²) in [6.45, 7) is 2.03. The number of aromatic nitrogens is 3. The molecule has 0 unspecified atom stereocenters. The standard InChI is InChI=1S/C14H13BrIN3O3S/c1-2-3-11-17-14(19-18-11)23-10(13(21)22)6-7-4-8(15)12(20)9(16)5-7/h4-6,20H,2-3H2,1H3,(H,21,22)(H,17,18,19)/b10-6-. The highest BCUT2D eigenvalue weighted by Gasteiger charge is 2.14. The van der Waals surface area contributed by atoms with Gasteiger partial charge in [0.15, 0.2) is 0 Å². The SMILES string of the molecule is CCCc1nc(S/C(=C\c2cc(Br)c(O)c(I)c2)C(=O)O)n[nH]1. The zero-order valence-electron chi connectivity index (χ0n) is 12.0. The minimum atomic E-state index is -1.06. The molecule has 0 fully saturated rings. The Morgan fingerprint density at radius 1 is 1.52 bits per heavy atom. The van der Waals surface area contributed by atoms with Crippen LogP contribution in [-0.2, 0) is 11.2 Å². The largest absolute Gasteiger partial charge is 0.506 e. The molecule has 2 rings (SSSR count). The lowest BCUT2D eigenvalue weighted by atomic mass is 10.2. The first kappa shape index (κ1) is 18.3. The number of carbonyl (C=O) groups is 1. The van der Waals surface area contributed by atoms with E-state index in [9.17, 15) is 15.0 Å². The molecule has 1 heterocycles. The fraction of sp³-hybridized carbons (Fsp3) is 0.214. The van der Waals surface area contributed by atoms with Crippen molar-refractivity contribution in [2.75, 3.05) is 0 Å². The number of nitrogens with one attached hydrogen (secondary N) is 1. The summed E-state index contributed by atoms with van der Waals surface area (Å²) < 4.78 is 1.13. The average Bonchev–Trinajstić information content (AvgIpc) is 2.91. The highest BCUT2D eigenvalue weighted by atomic mass is 127. The number of benzene rings is 1. The van der Waals surface area contributed by atoms with E-state index in [0.717, 1.165) is 30.4 Å². The van der Waals surface area contributed by atoms with Gasteiger partial charge in [-0.1, -0.05) is 6.92 Å². The monoisotopic (exact) mass is 509 g/mol. The van der Waals surface area contributed by atoms with Crippen molar-refractivity contribution in [2.45, 2.75) is 24.9 Å². The van der Waals surface area contributed by atoms with Crippen molar-refractivity contribution >= 4 is 62.3 Å². The van der Waals surface area contributed by atoms with E-state index in [1.165, 1.54) is 6.08 Å². The van der Waals surface area contributed by atoms with Crippen molar-refractivity contribution < 1.29 is 15.0 Å². The molecule has 0 spiro atoms. The van der Waals surface area contributed by atoms with Gasteiger partial charge >= 0.3 is 5.97 Å². The van der Waals surface area contributed by atoms with E-state index in [-0.39, 0.29) is 10.7 Å². The van der Waals surface area contributed by atoms with Crippen LogP contribution in [0.25, 0.3) is 6.08 Å². The Balaban J connectivity index is 2.28. The van der Waals surface area contributed by atoms with E-state index in [2.05, 4.69) is 31.1 Å². The van der Waals surface area contributed by atoms with Crippen LogP contribution in [0.4, 0.5) is 0 Å². The van der Waals surface area contributed by atoms with Crippen molar-refractivity contribution in [3.8, 4) is 5.75 Å². The molecule has 6 nitrogen and oxygen atoms in total. The smallest absolute Gasteiger partial charge is 0.342 e. The summed E-state index contributed by atoms with van der Waals surface area (Å²) in [4.78, 5) is 15.8. The molecule has 0 radical (unpaired) electrons. The predicted octanol–water partition coefficient (Wildman–Crippen LogP) is 4.05. The lowest BCUT2D eigenvalue weighted by molar-refractivity contribution is -0.131. The fourth-order valence-corrected chi connectivity index (χ4v) is 3.95. The molecular formula is C14H13BrIN3O3S. The highest BCUT2D eigenvalue weighted by Crippen LogP contribution is 2.33. The number of nitrogens with zero attached hydrogens (tertiary/aromatic N) is 2. The normalized spacial score (nSPS) is 11.7. The van der Waals surface area contributed by atoms with Crippen molar-refractivity contribution in [3.63, 3.8) is 0 Å². The Bertz CT molecular complexity index is 740. The van der Waals surface area contributed by atoms with Crippen LogP contribution in [0, 0.1) is 3.57 Å². The van der Waals surface area contributed by atoms with Crippen LogP contribution in [0.3, 0.4) is 0 Å². The molecule has 0 aliphatic carbocycles. The number of carboxylic acids is 1. The van der Waals surface area contributed by atoms with Gasteiger partial charge in [-0.2, -0.15) is 0 Å². The van der Waals surface area contributed by atoms with Crippen LogP contribution < -0.4 is 0 Å². The molecule has 0 bridgehead atoms. The number of phenols is 1. The lowest BCUT2D eigenvalue weighted by Crippen LogP contribution is -1.97. The van der Waals surface area contributed by atoms with Gasteiger partial charge in [-0.15, -0.1) is 5.10 Å². The number of aryl methyl sites for hydroxylation is 1. The maximum atomic E-state index is 11.5. The molecule has 3 N–H and O–H groups in total. The third-order valence-electron chi connectivity index (χ3n) is 2.75. The number of thioether (sulfide) groups is 1. The maximum Gasteiger partial charge on any atom is 0.342 e. The van der Waals surface area contributed by atoms with Crippen LogP contribution in [0.2, 0.25) is 0 Å². The van der Waals surface area contributed by atoms with E-state index in [4.69, 9.17) is 0 Å². The number of aromatic amines is 1. The van der Waals surface area contributed by atoms with E-state index < -0.39 is 5.97 Å². The Morgan fingerprint density at radius 3 is 2.87 bits per heavy atom. The van der Waals surface area contributed by atoms with E-state index in [0.29, 0.717) is 18.8 Å². The molecule has 1 aromatic carbocycles. The number of carboxylic acid groups (broad SMARTS) is 1. The zero-order valence-corrected chi connectivity index (χ0v) is 16.6. The third-order valence-corrected chi connectivity index (χ3v) is 5.05. The summed E-state index contributed by atoms with van der Waals surface area (Å²) in [7, 11) is 0. The quantitative estimate of drug-likeness (QED) is 0.308. The molecule has 0 aliphatic heterocycles. The first-order valence-corrected chi connectivity index (χ1v) is 9.31. The number of phenolic OH excluding ortho intramolecular Hbond substituents is 1. The number of halogens is 2. The van der Waals surface area contributed by atoms with Gasteiger partial charge in [0.2, 0.25) is 5.16 Å². The Hall–Kier alpha value is -1.07. The van der Waals surface area contributed by atoms with Crippen molar-refractivity contribution in [2.24, 2.45) is 0 Å². The molecule has 122 valence electrons. The van der Waals surface area contributed by atoms with E-state index in [1.807, 2.05) is 29.5 Å². The molecular weight excluding hydrogens is 497 g/mol. The minimum Gasteiger partial charge on any atom is -0.506 e. The molecule has 0 saturated carbocycles. The van der Waals surface area contributed by atoms with Gasteiger partial charge in [-0.05, 0) is 80.5 Å². The van der Waals surface area contributed by atoms with Gasteiger partial charge in [0, 0.05) is 6.42 Å². The van der Waals surface area contributed by atoms with Gasteiger partial charge in [0.05, 0.1) is 8.04 Å². The summed E-state index contributed by atoms with van der Waals surface area (Å²) in [6, 6.07) is 3.35. The molecule has 2 aromatic rings. The zero-order chi connectivity index (χ0) is 17.0. The van der Waals surface area contributed by atoms with Crippen LogP contribution in [0.1, 0.15) is 24.7 Å². The van der Waals surface area contributed by atoms with Crippen molar-refractivity contribution in [1.82, 2.24) is 15.2 Å². The molecule has 23 heavy (non-hydrogen) atoms. The van der Waals surface area contributed by atoms with Crippen LogP contribution in [0.5, 0.6) is 5.75 Å². The Labute approximate surface area is 159 Å². The molecule has 0 atom stereocenters. The minimum absolute atomic E-state index is 0.0976. The Morgan fingerprint density at radius 2 is 2.26 bits per heavy atom. The number of aliphatic carboxylic acids is 1.